The van der Waals surface area contributed by atoms with Gasteiger partial charge in [0.2, 0.25) is 11.7 Å². The Labute approximate surface area is 341 Å². The van der Waals surface area contributed by atoms with Gasteiger partial charge >= 0.3 is 5.90 Å². The second-order valence-electron chi connectivity index (χ2n) is 12.8. The van der Waals surface area contributed by atoms with Gasteiger partial charge in [-0.3, -0.25) is 26.9 Å². The van der Waals surface area contributed by atoms with Gasteiger partial charge in [0.25, 0.3) is 0 Å². The molecule has 0 radical (unpaired) electrons. The molecule has 2 fully saturated rings. The highest BCUT2D eigenvalue weighted by Crippen LogP contribution is 2.39. The molecule has 4 atom stereocenters. The zero-order valence-electron chi connectivity index (χ0n) is 33.9. The van der Waals surface area contributed by atoms with Crippen molar-refractivity contribution >= 4 is 83.0 Å². The van der Waals surface area contributed by atoms with Gasteiger partial charge in [-0.25, -0.2) is 5.41 Å². The smallest absolute Gasteiger partial charge is 0.332 e. The number of aliphatic hydroxyl groups excluding tert-OH is 1. The van der Waals surface area contributed by atoms with E-state index in [1.165, 1.54) is 51.4 Å². The third-order valence-corrected chi connectivity index (χ3v) is 13.8. The average molecular weight is 836 g/mol. The molecule has 0 aromatic rings. The van der Waals surface area contributed by atoms with Gasteiger partial charge in [-0.2, -0.15) is 47.9 Å². The average Bonchev–Trinajstić information content (AvgIpc) is 3.12. The van der Waals surface area contributed by atoms with Crippen LogP contribution in [0.1, 0.15) is 111 Å². The molecule has 0 aromatic carbocycles. The van der Waals surface area contributed by atoms with Crippen LogP contribution >= 0.6 is 59.7 Å². The minimum atomic E-state index is 0. The third-order valence-electron chi connectivity index (χ3n) is 8.62. The number of unbranched alkanes of at least 4 members (excludes halogenated alkanes) is 6. The highest BCUT2D eigenvalue weighted by atomic mass is 32.2. The highest BCUT2D eigenvalue weighted by molar-refractivity contribution is 8.04. The summed E-state index contributed by atoms with van der Waals surface area (Å²) in [7, 11) is 1.59. The van der Waals surface area contributed by atoms with Gasteiger partial charge in [0.1, 0.15) is 12.5 Å². The van der Waals surface area contributed by atoms with Crippen molar-refractivity contribution in [2.24, 2.45) is 28.9 Å². The minimum Gasteiger partial charge on any atom is -0.451 e. The Bertz CT molecular complexity index is 881. The molecular weight excluding hydrogens is 753 g/mol. The molecule has 2 rings (SSSR count). The van der Waals surface area contributed by atoms with Crippen molar-refractivity contribution in [1.82, 2.24) is 0 Å². The maximum atomic E-state index is 8.64. The van der Waals surface area contributed by atoms with Gasteiger partial charge in [0.15, 0.2) is 5.71 Å². The predicted octanol–water partition coefficient (Wildman–Crippen LogP) is -0.999. The van der Waals surface area contributed by atoms with Crippen LogP contribution < -0.4 is 43.7 Å². The Balaban J connectivity index is -0.000000716. The Morgan fingerprint density at radius 1 is 0.788 bits per heavy atom. The van der Waals surface area contributed by atoms with E-state index in [2.05, 4.69) is 35.8 Å². The number of thioether (sulfide) groups is 4. The number of hydrogen-bond acceptors (Lipinski definition) is 9. The molecule has 16 heteroatoms. The topological polar surface area (TPSA) is 244 Å². The number of methoxy groups -OCH3 is 1. The van der Waals surface area contributed by atoms with Gasteiger partial charge in [-0.05, 0) is 69.8 Å². The quantitative estimate of drug-likeness (QED) is 0.0159. The first-order chi connectivity index (χ1) is 25.1. The van der Waals surface area contributed by atoms with E-state index in [0.717, 1.165) is 127 Å². The largest absolute Gasteiger partial charge is 0.451 e. The summed E-state index contributed by atoms with van der Waals surface area (Å²) in [6.45, 7) is 4.95. The second-order valence-corrected chi connectivity index (χ2v) is 17.7. The fourth-order valence-electron chi connectivity index (χ4n) is 5.04. The van der Waals surface area contributed by atoms with Crippen molar-refractivity contribution in [2.45, 2.75) is 125 Å². The zero-order chi connectivity index (χ0) is 39.2. The minimum absolute atomic E-state index is 0. The van der Waals surface area contributed by atoms with E-state index in [1.54, 1.807) is 7.11 Å². The maximum Gasteiger partial charge on any atom is 0.332 e. The van der Waals surface area contributed by atoms with Crippen LogP contribution in [0.15, 0.2) is 0 Å². The van der Waals surface area contributed by atoms with E-state index in [-0.39, 0.29) is 18.3 Å². The SMILES string of the molecule is COC(=[NH2+])CCCCCCC(=[NH2+])CO.CSCC[NH+]=C(N)CCCCCCC(N)=[NH+]CSC1CCC1C.NCCSC1CCC1SCCN.O.[2H]CS. The summed E-state index contributed by atoms with van der Waals surface area (Å²) in [4.78, 5) is 6.64. The molecule has 0 aromatic heterocycles. The second kappa shape index (κ2) is 41.8. The summed E-state index contributed by atoms with van der Waals surface area (Å²) in [6.07, 6.45) is 20.6. The fraction of sp³-hybridized carbons (Fsp3) is 0.889. The first-order valence-electron chi connectivity index (χ1n) is 19.5. The van der Waals surface area contributed by atoms with Crippen molar-refractivity contribution in [3.63, 3.8) is 0 Å². The molecule has 0 aliphatic heterocycles. The summed E-state index contributed by atoms with van der Waals surface area (Å²) < 4.78 is 10.9. The zero-order valence-corrected chi connectivity index (χ0v) is 37.0. The molecule has 310 valence electrons. The van der Waals surface area contributed by atoms with Crippen LogP contribution in [0.2, 0.25) is 0 Å². The van der Waals surface area contributed by atoms with E-state index >= 15 is 0 Å². The number of nitrogens with one attached hydrogen (secondary N) is 2. The summed E-state index contributed by atoms with van der Waals surface area (Å²) >= 11 is 11.4. The molecule has 0 spiro atoms. The van der Waals surface area contributed by atoms with Crippen molar-refractivity contribution < 1.29 is 37.5 Å². The molecule has 2 saturated carbocycles. The van der Waals surface area contributed by atoms with E-state index in [1.807, 2.05) is 47.0 Å². The lowest BCUT2D eigenvalue weighted by Gasteiger charge is -2.35. The molecule has 11 nitrogen and oxygen atoms in total. The molecule has 0 bridgehead atoms. The van der Waals surface area contributed by atoms with Crippen molar-refractivity contribution in [1.29, 1.82) is 0 Å². The fourth-order valence-corrected chi connectivity index (χ4v) is 9.26. The standard InChI is InChI=1S/C17H34N4S2.C10H20N2O2.C8H18N2S2.CH4S.H2O/c1-14-9-10-15(14)23-13-21-17(19)8-6-4-3-5-7-16(18)20-11-12-22-2;1-14-10(12)7-5-3-2-4-6-9(11)8-13;9-3-5-11-7-1-2-8(7)12-6-4-10;1-2;/h14-15H,3-13H2,1-2H3,(H2,18,20)(H2,19,21);11-13H,2-8H2,1H3;7-8H,1-6,9-10H2;2H,1H3;1H2/p+4/i;;;1D;. The predicted molar refractivity (Wildman–Crippen MR) is 240 cm³/mol. The van der Waals surface area contributed by atoms with Crippen molar-refractivity contribution in [3.05, 3.63) is 0 Å². The van der Waals surface area contributed by atoms with Crippen LogP contribution in [0.4, 0.5) is 0 Å². The molecule has 0 amide bonds. The number of aliphatic hydroxyl groups is 1. The molecule has 52 heavy (non-hydrogen) atoms. The number of amidine groups is 2. The Hall–Kier alpha value is -0.330. The molecular formula is C36H82N8O3S5+4. The number of rotatable bonds is 27. The highest BCUT2D eigenvalue weighted by Gasteiger charge is 2.30. The maximum absolute atomic E-state index is 8.64. The first kappa shape index (κ1) is 53.8. The molecule has 4 unspecified atom stereocenters. The molecule has 2 aliphatic carbocycles. The van der Waals surface area contributed by atoms with Gasteiger partial charge in [0, 0.05) is 66.7 Å². The number of ether oxygens (including phenoxy) is 1. The van der Waals surface area contributed by atoms with E-state index < -0.39 is 0 Å². The number of nitrogens with two attached hydrogens (primary N) is 6. The van der Waals surface area contributed by atoms with E-state index in [4.69, 9.17) is 45.0 Å². The molecule has 0 heterocycles. The van der Waals surface area contributed by atoms with E-state index in [9.17, 15) is 0 Å². The molecule has 0 saturated heterocycles. The van der Waals surface area contributed by atoms with Crippen LogP contribution in [0.3, 0.4) is 0 Å². The van der Waals surface area contributed by atoms with Gasteiger partial charge in [0.05, 0.1) is 20.1 Å². The monoisotopic (exact) mass is 836 g/mol. The summed E-state index contributed by atoms with van der Waals surface area (Å²) in [5, 5.41) is 22.2. The van der Waals surface area contributed by atoms with Crippen LogP contribution in [-0.2, 0) is 4.74 Å². The van der Waals surface area contributed by atoms with Gasteiger partial charge in [-0.15, -0.1) is 11.8 Å². The van der Waals surface area contributed by atoms with Gasteiger partial charge in [-0.1, -0.05) is 32.6 Å². The van der Waals surface area contributed by atoms with E-state index in [0.29, 0.717) is 11.6 Å². The Morgan fingerprint density at radius 3 is 1.67 bits per heavy atom. The van der Waals surface area contributed by atoms with Crippen LogP contribution in [0, 0.1) is 5.92 Å². The van der Waals surface area contributed by atoms with Crippen LogP contribution in [0.25, 0.3) is 0 Å². The van der Waals surface area contributed by atoms with Gasteiger partial charge < -0.3 is 26.8 Å². The van der Waals surface area contributed by atoms with Crippen LogP contribution in [-0.4, -0.2) is 119 Å². The molecule has 2 aliphatic rings. The number of hydrogen-bond donors (Lipinski definition) is 10. The Kier molecular flexibility index (Phi) is 43.3. The third kappa shape index (κ3) is 34.2. The first-order valence-corrected chi connectivity index (χ1v) is 24.0. The van der Waals surface area contributed by atoms with Crippen molar-refractivity contribution in [3.8, 4) is 0 Å². The lowest BCUT2D eigenvalue weighted by molar-refractivity contribution is -0.453. The lowest BCUT2D eigenvalue weighted by atomic mass is 9.87. The normalized spacial score (nSPS) is 19.4. The van der Waals surface area contributed by atoms with Crippen molar-refractivity contribution in [2.75, 3.05) is 69.0 Å². The number of thiol groups is 1. The summed E-state index contributed by atoms with van der Waals surface area (Å²) in [6, 6.07) is 0. The summed E-state index contributed by atoms with van der Waals surface area (Å²) in [5.41, 5.74) is 23.6. The molecule has 17 N–H and O–H groups in total. The van der Waals surface area contributed by atoms with Crippen LogP contribution in [0.5, 0.6) is 0 Å². The Morgan fingerprint density at radius 2 is 1.27 bits per heavy atom. The lowest BCUT2D eigenvalue weighted by Crippen LogP contribution is -2.76. The summed E-state index contributed by atoms with van der Waals surface area (Å²) in [5.74, 6) is 7.70.